The van der Waals surface area contributed by atoms with Gasteiger partial charge in [0.15, 0.2) is 5.78 Å². The third kappa shape index (κ3) is 5.71. The maximum Gasteiger partial charge on any atom is 0.175 e. The SMILES string of the molecule is CCc1ccsc1CCCc1ccc(OCC(=O)C(C)(C)C)c(C)c1. The van der Waals surface area contributed by atoms with Gasteiger partial charge in [0.2, 0.25) is 0 Å². The second-order valence-corrected chi connectivity index (χ2v) is 8.64. The van der Waals surface area contributed by atoms with Crippen LogP contribution in [0.5, 0.6) is 5.75 Å². The van der Waals surface area contributed by atoms with Gasteiger partial charge >= 0.3 is 0 Å². The molecule has 0 radical (unpaired) electrons. The quantitative estimate of drug-likeness (QED) is 0.597. The van der Waals surface area contributed by atoms with Crippen molar-refractivity contribution in [3.63, 3.8) is 0 Å². The van der Waals surface area contributed by atoms with Gasteiger partial charge in [0.05, 0.1) is 0 Å². The number of aryl methyl sites for hydroxylation is 4. The average Bonchev–Trinajstić information content (AvgIpc) is 3.00. The Morgan fingerprint density at radius 1 is 1.16 bits per heavy atom. The van der Waals surface area contributed by atoms with Crippen molar-refractivity contribution in [2.24, 2.45) is 5.41 Å². The lowest BCUT2D eigenvalue weighted by molar-refractivity contribution is -0.128. The van der Waals surface area contributed by atoms with Gasteiger partial charge in [-0.15, -0.1) is 11.3 Å². The standard InChI is InChI=1S/C22H30O2S/c1-6-18-12-13-25-20(18)9-7-8-17-10-11-19(16(2)14-17)24-15-21(23)22(3,4)5/h10-14H,6-9,15H2,1-5H3. The molecular formula is C22H30O2S. The maximum atomic E-state index is 12.0. The van der Waals surface area contributed by atoms with Crippen LogP contribution in [0, 0.1) is 12.3 Å². The van der Waals surface area contributed by atoms with E-state index in [4.69, 9.17) is 4.74 Å². The minimum atomic E-state index is -0.354. The zero-order chi connectivity index (χ0) is 18.4. The van der Waals surface area contributed by atoms with Crippen LogP contribution in [0.4, 0.5) is 0 Å². The van der Waals surface area contributed by atoms with Gasteiger partial charge in [-0.3, -0.25) is 4.79 Å². The van der Waals surface area contributed by atoms with Gasteiger partial charge in [0, 0.05) is 10.3 Å². The molecule has 2 rings (SSSR count). The van der Waals surface area contributed by atoms with E-state index in [9.17, 15) is 4.79 Å². The number of thiophene rings is 1. The van der Waals surface area contributed by atoms with Crippen LogP contribution >= 0.6 is 11.3 Å². The minimum Gasteiger partial charge on any atom is -0.486 e. The molecule has 0 aliphatic heterocycles. The fraction of sp³-hybridized carbons (Fsp3) is 0.500. The zero-order valence-electron chi connectivity index (χ0n) is 16.1. The highest BCUT2D eigenvalue weighted by atomic mass is 32.1. The van der Waals surface area contributed by atoms with Gasteiger partial charge in [-0.25, -0.2) is 0 Å². The maximum absolute atomic E-state index is 12.0. The summed E-state index contributed by atoms with van der Waals surface area (Å²) in [6.07, 6.45) is 4.51. The van der Waals surface area contributed by atoms with Crippen LogP contribution in [0.1, 0.15) is 55.7 Å². The van der Waals surface area contributed by atoms with Gasteiger partial charge in [-0.2, -0.15) is 0 Å². The molecule has 0 atom stereocenters. The van der Waals surface area contributed by atoms with Crippen molar-refractivity contribution in [3.8, 4) is 5.75 Å². The molecule has 0 spiro atoms. The summed E-state index contributed by atoms with van der Waals surface area (Å²) in [6, 6.07) is 8.56. The molecule has 0 N–H and O–H groups in total. The summed E-state index contributed by atoms with van der Waals surface area (Å²) in [6.45, 7) is 10.2. The Kier molecular flexibility index (Phi) is 6.83. The summed E-state index contributed by atoms with van der Waals surface area (Å²) in [7, 11) is 0. The number of ether oxygens (including phenoxy) is 1. The molecule has 0 unspecified atom stereocenters. The smallest absolute Gasteiger partial charge is 0.175 e. The zero-order valence-corrected chi connectivity index (χ0v) is 17.0. The first-order valence-electron chi connectivity index (χ1n) is 9.12. The number of carbonyl (C=O) groups excluding carboxylic acids is 1. The predicted molar refractivity (Wildman–Crippen MR) is 107 cm³/mol. The number of Topliss-reactive ketones (excluding diaryl/α,β-unsaturated/α-hetero) is 1. The summed E-state index contributed by atoms with van der Waals surface area (Å²) in [5.41, 5.74) is 3.58. The van der Waals surface area contributed by atoms with Crippen LogP contribution in [-0.2, 0) is 24.1 Å². The van der Waals surface area contributed by atoms with Gasteiger partial charge in [-0.05, 0) is 66.8 Å². The first-order valence-corrected chi connectivity index (χ1v) is 10.00. The number of rotatable bonds is 8. The Balaban J connectivity index is 1.87. The summed E-state index contributed by atoms with van der Waals surface area (Å²) in [5, 5.41) is 2.20. The third-order valence-corrected chi connectivity index (χ3v) is 5.55. The van der Waals surface area contributed by atoms with Crippen molar-refractivity contribution >= 4 is 17.1 Å². The van der Waals surface area contributed by atoms with Gasteiger partial charge in [0.1, 0.15) is 12.4 Å². The van der Waals surface area contributed by atoms with E-state index in [2.05, 4.69) is 37.4 Å². The van der Waals surface area contributed by atoms with Crippen molar-refractivity contribution in [2.75, 3.05) is 6.61 Å². The molecule has 25 heavy (non-hydrogen) atoms. The Labute approximate surface area is 156 Å². The monoisotopic (exact) mass is 358 g/mol. The number of ketones is 1. The first-order chi connectivity index (χ1) is 11.8. The summed E-state index contributed by atoms with van der Waals surface area (Å²) < 4.78 is 5.73. The fourth-order valence-corrected chi connectivity index (χ4v) is 3.77. The summed E-state index contributed by atoms with van der Waals surface area (Å²) >= 11 is 1.87. The number of hydrogen-bond acceptors (Lipinski definition) is 3. The fourth-order valence-electron chi connectivity index (χ4n) is 2.74. The van der Waals surface area contributed by atoms with Crippen LogP contribution in [0.3, 0.4) is 0 Å². The third-order valence-electron chi connectivity index (χ3n) is 4.52. The van der Waals surface area contributed by atoms with E-state index in [-0.39, 0.29) is 17.8 Å². The minimum absolute atomic E-state index is 0.124. The molecule has 0 fully saturated rings. The molecule has 0 aliphatic rings. The van der Waals surface area contributed by atoms with Crippen molar-refractivity contribution < 1.29 is 9.53 Å². The van der Waals surface area contributed by atoms with Crippen LogP contribution in [0.15, 0.2) is 29.6 Å². The largest absolute Gasteiger partial charge is 0.486 e. The summed E-state index contributed by atoms with van der Waals surface area (Å²) in [4.78, 5) is 13.5. The Morgan fingerprint density at radius 2 is 1.92 bits per heavy atom. The van der Waals surface area contributed by atoms with Crippen molar-refractivity contribution in [2.45, 2.75) is 60.3 Å². The van der Waals surface area contributed by atoms with Gasteiger partial charge in [-0.1, -0.05) is 39.8 Å². The van der Waals surface area contributed by atoms with Crippen molar-refractivity contribution in [1.29, 1.82) is 0 Å². The molecule has 1 aromatic heterocycles. The molecular weight excluding hydrogens is 328 g/mol. The molecule has 1 heterocycles. The molecule has 3 heteroatoms. The number of carbonyl (C=O) groups is 1. The van der Waals surface area contributed by atoms with E-state index in [1.807, 2.05) is 38.2 Å². The first kappa shape index (κ1) is 19.7. The Morgan fingerprint density at radius 3 is 2.56 bits per heavy atom. The average molecular weight is 359 g/mol. The Hall–Kier alpha value is -1.61. The number of benzene rings is 1. The lowest BCUT2D eigenvalue weighted by Crippen LogP contribution is -2.26. The van der Waals surface area contributed by atoms with E-state index in [0.717, 1.165) is 37.0 Å². The molecule has 0 saturated carbocycles. The summed E-state index contributed by atoms with van der Waals surface area (Å²) in [5.74, 6) is 0.937. The molecule has 1 aromatic carbocycles. The molecule has 0 saturated heterocycles. The second kappa shape index (κ2) is 8.66. The normalized spacial score (nSPS) is 11.6. The molecule has 2 nitrogen and oxygen atoms in total. The van der Waals surface area contributed by atoms with E-state index >= 15 is 0 Å². The highest BCUT2D eigenvalue weighted by molar-refractivity contribution is 7.10. The van der Waals surface area contributed by atoms with E-state index in [1.165, 1.54) is 16.0 Å². The van der Waals surface area contributed by atoms with E-state index in [0.29, 0.717) is 0 Å². The van der Waals surface area contributed by atoms with Gasteiger partial charge in [0.25, 0.3) is 0 Å². The van der Waals surface area contributed by atoms with E-state index in [1.54, 1.807) is 0 Å². The predicted octanol–water partition coefficient (Wildman–Crippen LogP) is 5.79. The van der Waals surface area contributed by atoms with Crippen LogP contribution in [0.25, 0.3) is 0 Å². The van der Waals surface area contributed by atoms with Crippen molar-refractivity contribution in [3.05, 3.63) is 51.2 Å². The number of hydrogen-bond donors (Lipinski definition) is 0. The second-order valence-electron chi connectivity index (χ2n) is 7.64. The molecule has 0 bridgehead atoms. The molecule has 0 amide bonds. The topological polar surface area (TPSA) is 26.3 Å². The lowest BCUT2D eigenvalue weighted by atomic mass is 9.91. The lowest BCUT2D eigenvalue weighted by Gasteiger charge is -2.17. The van der Waals surface area contributed by atoms with Crippen LogP contribution < -0.4 is 4.74 Å². The van der Waals surface area contributed by atoms with Crippen LogP contribution in [-0.4, -0.2) is 12.4 Å². The van der Waals surface area contributed by atoms with Crippen molar-refractivity contribution in [1.82, 2.24) is 0 Å². The highest BCUT2D eigenvalue weighted by Crippen LogP contribution is 2.23. The molecule has 2 aromatic rings. The van der Waals surface area contributed by atoms with Gasteiger partial charge < -0.3 is 4.74 Å². The van der Waals surface area contributed by atoms with E-state index < -0.39 is 0 Å². The molecule has 136 valence electrons. The Bertz CT molecular complexity index is 707. The van der Waals surface area contributed by atoms with Crippen LogP contribution in [0.2, 0.25) is 0 Å². The molecule has 0 aliphatic carbocycles. The highest BCUT2D eigenvalue weighted by Gasteiger charge is 2.21.